The third-order valence-corrected chi connectivity index (χ3v) is 8.79. The average molecular weight is 723 g/mol. The Bertz CT molecular complexity index is 973. The summed E-state index contributed by atoms with van der Waals surface area (Å²) in [5, 5.41) is 30.3. The van der Waals surface area contributed by atoms with E-state index in [0.717, 1.165) is 44.9 Å². The zero-order chi connectivity index (χ0) is 36.2. The van der Waals surface area contributed by atoms with Crippen LogP contribution < -0.4 is 0 Å². The molecule has 0 aromatic rings. The highest BCUT2D eigenvalue weighted by Crippen LogP contribution is 2.26. The van der Waals surface area contributed by atoms with Gasteiger partial charge in [0.05, 0.1) is 19.8 Å². The Balaban J connectivity index is 2.32. The van der Waals surface area contributed by atoms with Crippen molar-refractivity contribution in [3.05, 3.63) is 24.3 Å². The number of allylic oxidation sites excluding steroid dienone is 4. The first kappa shape index (κ1) is 45.6. The lowest BCUT2D eigenvalue weighted by Crippen LogP contribution is -2.60. The molecule has 1 rings (SSSR count). The molecule has 1 saturated heterocycles. The quantitative estimate of drug-likeness (QED) is 0.0279. The first-order chi connectivity index (χ1) is 23.6. The number of hydrogen-bond donors (Lipinski definition) is 4. The van der Waals surface area contributed by atoms with Crippen molar-refractivity contribution >= 4 is 16.4 Å². The lowest BCUT2D eigenvalue weighted by atomic mass is 9.99. The number of rotatable bonds is 31. The number of aliphatic hydroxyl groups excluding tert-OH is 3. The molecule has 0 spiro atoms. The van der Waals surface area contributed by atoms with Crippen LogP contribution in [-0.2, 0) is 38.3 Å². The van der Waals surface area contributed by atoms with Gasteiger partial charge >= 0.3 is 16.4 Å². The van der Waals surface area contributed by atoms with Crippen LogP contribution in [-0.4, -0.2) is 97.5 Å². The summed E-state index contributed by atoms with van der Waals surface area (Å²) in [4.78, 5) is 12.4. The Morgan fingerprint density at radius 3 is 1.94 bits per heavy atom. The fraction of sp³-hybridized carbons (Fsp3) is 0.861. The molecule has 1 aliphatic rings. The van der Waals surface area contributed by atoms with Crippen LogP contribution in [0.2, 0.25) is 0 Å². The first-order valence-electron chi connectivity index (χ1n) is 18.6. The number of aliphatic hydroxyl groups is 3. The molecule has 12 nitrogen and oxygen atoms in total. The number of carbonyl (C=O) groups excluding carboxylic acids is 1. The third-order valence-electron chi connectivity index (χ3n) is 8.33. The van der Waals surface area contributed by atoms with Crippen molar-refractivity contribution in [2.24, 2.45) is 0 Å². The van der Waals surface area contributed by atoms with Gasteiger partial charge in [-0.2, -0.15) is 8.42 Å². The fourth-order valence-electron chi connectivity index (χ4n) is 5.46. The number of esters is 1. The maximum Gasteiger partial charge on any atom is 0.397 e. The Kier molecular flexibility index (Phi) is 27.2. The van der Waals surface area contributed by atoms with Gasteiger partial charge in [0.15, 0.2) is 6.29 Å². The molecule has 0 saturated carbocycles. The van der Waals surface area contributed by atoms with Gasteiger partial charge in [-0.15, -0.1) is 0 Å². The maximum atomic E-state index is 12.4. The van der Waals surface area contributed by atoms with E-state index in [1.807, 2.05) is 6.92 Å². The van der Waals surface area contributed by atoms with E-state index in [0.29, 0.717) is 13.0 Å². The van der Waals surface area contributed by atoms with Gasteiger partial charge in [-0.3, -0.25) is 9.35 Å². The van der Waals surface area contributed by atoms with Gasteiger partial charge in [-0.25, -0.2) is 4.18 Å². The lowest BCUT2D eigenvalue weighted by molar-refractivity contribution is -0.301. The van der Waals surface area contributed by atoms with Gasteiger partial charge in [0.1, 0.15) is 30.5 Å². The highest BCUT2D eigenvalue weighted by molar-refractivity contribution is 7.80. The largest absolute Gasteiger partial charge is 0.457 e. The van der Waals surface area contributed by atoms with E-state index in [2.05, 4.69) is 35.4 Å². The van der Waals surface area contributed by atoms with E-state index in [-0.39, 0.29) is 19.6 Å². The molecule has 1 fully saturated rings. The predicted molar refractivity (Wildman–Crippen MR) is 188 cm³/mol. The summed E-state index contributed by atoms with van der Waals surface area (Å²) in [7, 11) is -5.05. The summed E-state index contributed by atoms with van der Waals surface area (Å²) in [6.45, 7) is 3.74. The minimum absolute atomic E-state index is 0.0309. The van der Waals surface area contributed by atoms with E-state index in [9.17, 15) is 28.5 Å². The molecule has 288 valence electrons. The van der Waals surface area contributed by atoms with Crippen molar-refractivity contribution < 1.29 is 56.2 Å². The van der Waals surface area contributed by atoms with E-state index >= 15 is 0 Å². The van der Waals surface area contributed by atoms with Gasteiger partial charge in [-0.1, -0.05) is 109 Å². The standard InChI is InChI=1S/C36H66O12S/c1-3-5-7-8-9-10-11-12-13-14-15-16-17-18-19-20-21-22-24-26-44-28-30(46-32(38)25-23-6-4-2)29-45-36-34(40)35(48-49(41,42)43)33(39)31(27-37)47-36/h10-11,13-14,30-31,33-37,39-40H,3-9,12,15-29H2,1-2H3,(H,41,42,43)/b11-10-,14-13-. The van der Waals surface area contributed by atoms with E-state index < -0.39 is 59.8 Å². The van der Waals surface area contributed by atoms with Crippen molar-refractivity contribution in [3.63, 3.8) is 0 Å². The van der Waals surface area contributed by atoms with Crippen LogP contribution in [0.1, 0.15) is 136 Å². The molecule has 4 N–H and O–H groups in total. The van der Waals surface area contributed by atoms with Crippen LogP contribution in [0.3, 0.4) is 0 Å². The normalized spacial score (nSPS) is 22.3. The molecule has 6 unspecified atom stereocenters. The summed E-state index contributed by atoms with van der Waals surface area (Å²) in [6.07, 6.45) is 20.4. The van der Waals surface area contributed by atoms with Gasteiger partial charge in [-0.05, 0) is 44.9 Å². The molecular formula is C36H66O12S. The molecule has 49 heavy (non-hydrogen) atoms. The smallest absolute Gasteiger partial charge is 0.397 e. The maximum absolute atomic E-state index is 12.4. The molecular weight excluding hydrogens is 656 g/mol. The molecule has 1 aliphatic heterocycles. The molecule has 0 aromatic carbocycles. The molecule has 0 radical (unpaired) electrons. The second-order valence-corrected chi connectivity index (χ2v) is 13.9. The minimum atomic E-state index is -5.05. The Hall–Kier alpha value is -1.42. The lowest BCUT2D eigenvalue weighted by Gasteiger charge is -2.41. The minimum Gasteiger partial charge on any atom is -0.457 e. The topological polar surface area (TPSA) is 178 Å². The second-order valence-electron chi connectivity index (χ2n) is 12.8. The molecule has 0 aliphatic carbocycles. The summed E-state index contributed by atoms with van der Waals surface area (Å²) < 4.78 is 58.2. The van der Waals surface area contributed by atoms with Gasteiger partial charge in [0, 0.05) is 13.0 Å². The number of ether oxygens (including phenoxy) is 4. The molecule has 0 aromatic heterocycles. The second kappa shape index (κ2) is 29.2. The van der Waals surface area contributed by atoms with Crippen LogP contribution in [0.15, 0.2) is 24.3 Å². The molecule has 1 heterocycles. The fourth-order valence-corrected chi connectivity index (χ4v) is 5.97. The Morgan fingerprint density at radius 2 is 1.35 bits per heavy atom. The third kappa shape index (κ3) is 23.6. The zero-order valence-electron chi connectivity index (χ0n) is 30.0. The van der Waals surface area contributed by atoms with Crippen LogP contribution in [0.4, 0.5) is 0 Å². The summed E-state index contributed by atoms with van der Waals surface area (Å²) in [6, 6.07) is 0. The van der Waals surface area contributed by atoms with Crippen molar-refractivity contribution in [3.8, 4) is 0 Å². The summed E-state index contributed by atoms with van der Waals surface area (Å²) >= 11 is 0. The van der Waals surface area contributed by atoms with Crippen LogP contribution >= 0.6 is 0 Å². The summed E-state index contributed by atoms with van der Waals surface area (Å²) in [5.41, 5.74) is 0. The number of hydrogen-bond acceptors (Lipinski definition) is 11. The summed E-state index contributed by atoms with van der Waals surface area (Å²) in [5.74, 6) is -0.427. The first-order valence-corrected chi connectivity index (χ1v) is 20.0. The number of unbranched alkanes of at least 4 members (excludes halogenated alkanes) is 14. The van der Waals surface area contributed by atoms with Gasteiger partial charge in [0.2, 0.25) is 0 Å². The molecule has 0 bridgehead atoms. The monoisotopic (exact) mass is 722 g/mol. The number of carbonyl (C=O) groups is 1. The van der Waals surface area contributed by atoms with Crippen molar-refractivity contribution in [2.75, 3.05) is 26.4 Å². The highest BCUT2D eigenvalue weighted by atomic mass is 32.3. The van der Waals surface area contributed by atoms with Crippen molar-refractivity contribution in [1.29, 1.82) is 0 Å². The molecule has 13 heteroatoms. The SMILES string of the molecule is CCCCCC/C=C\C/C=C\CCCCCCCCCCOCC(COC1OC(CO)C(O)C(OS(=O)(=O)O)C1O)OC(=O)CCCCC. The average Bonchev–Trinajstić information content (AvgIpc) is 3.06. The van der Waals surface area contributed by atoms with Crippen molar-refractivity contribution in [1.82, 2.24) is 0 Å². The zero-order valence-corrected chi connectivity index (χ0v) is 30.8. The van der Waals surface area contributed by atoms with Crippen LogP contribution in [0, 0.1) is 0 Å². The van der Waals surface area contributed by atoms with Gasteiger partial charge < -0.3 is 34.3 Å². The van der Waals surface area contributed by atoms with Gasteiger partial charge in [0.25, 0.3) is 0 Å². The predicted octanol–water partition coefficient (Wildman–Crippen LogP) is 6.12. The Labute approximate surface area is 295 Å². The highest BCUT2D eigenvalue weighted by Gasteiger charge is 2.48. The molecule has 6 atom stereocenters. The molecule has 0 amide bonds. The Morgan fingerprint density at radius 1 is 0.776 bits per heavy atom. The van der Waals surface area contributed by atoms with Crippen LogP contribution in [0.5, 0.6) is 0 Å². The van der Waals surface area contributed by atoms with E-state index in [4.69, 9.17) is 23.5 Å². The van der Waals surface area contributed by atoms with Crippen molar-refractivity contribution in [2.45, 2.75) is 173 Å². The van der Waals surface area contributed by atoms with E-state index in [1.54, 1.807) is 0 Å². The van der Waals surface area contributed by atoms with E-state index in [1.165, 1.54) is 64.2 Å². The van der Waals surface area contributed by atoms with Crippen LogP contribution in [0.25, 0.3) is 0 Å².